The molecule has 0 bridgehead atoms. The summed E-state index contributed by atoms with van der Waals surface area (Å²) in [5.41, 5.74) is 2.06. The standard InChI is InChI=1S/C21H25Cl2N5O2/c1-24-21(30)18-20(27(2)10-5-11-29)26-19(16-6-3-4-7-17(16)23)28(18)13-15-9-8-14(22)12-25-15/h4,7-9,12,29H,3,5-6,10-11,13H2,1-2H3,(H,24,30). The number of imidazole rings is 1. The highest BCUT2D eigenvalue weighted by molar-refractivity contribution is 6.34. The zero-order valence-corrected chi connectivity index (χ0v) is 18.5. The molecular weight excluding hydrogens is 425 g/mol. The van der Waals surface area contributed by atoms with E-state index in [-0.39, 0.29) is 12.5 Å². The van der Waals surface area contributed by atoms with Crippen LogP contribution in [0.2, 0.25) is 5.02 Å². The second-order valence-corrected chi connectivity index (χ2v) is 7.85. The molecule has 0 saturated carbocycles. The van der Waals surface area contributed by atoms with Crippen LogP contribution in [0.4, 0.5) is 5.82 Å². The van der Waals surface area contributed by atoms with Crippen LogP contribution in [0.5, 0.6) is 0 Å². The van der Waals surface area contributed by atoms with Crippen LogP contribution in [-0.4, -0.2) is 52.8 Å². The third-order valence-electron chi connectivity index (χ3n) is 4.90. The van der Waals surface area contributed by atoms with Gasteiger partial charge in [0.2, 0.25) is 0 Å². The third kappa shape index (κ3) is 4.86. The van der Waals surface area contributed by atoms with Crippen LogP contribution in [0.25, 0.3) is 5.57 Å². The molecule has 3 rings (SSSR count). The van der Waals surface area contributed by atoms with Crippen molar-refractivity contribution in [2.75, 3.05) is 32.1 Å². The molecule has 160 valence electrons. The molecule has 0 unspecified atom stereocenters. The first-order valence-corrected chi connectivity index (χ1v) is 10.5. The number of allylic oxidation sites excluding steroid dienone is 4. The van der Waals surface area contributed by atoms with Gasteiger partial charge in [0.15, 0.2) is 11.5 Å². The Morgan fingerprint density at radius 3 is 2.80 bits per heavy atom. The van der Waals surface area contributed by atoms with Gasteiger partial charge in [0.1, 0.15) is 5.82 Å². The average Bonchev–Trinajstić information content (AvgIpc) is 3.12. The summed E-state index contributed by atoms with van der Waals surface area (Å²) in [6, 6.07) is 3.59. The molecule has 0 saturated heterocycles. The molecule has 1 amide bonds. The molecule has 2 heterocycles. The summed E-state index contributed by atoms with van der Waals surface area (Å²) < 4.78 is 1.86. The van der Waals surface area contributed by atoms with Gasteiger partial charge in [-0.2, -0.15) is 0 Å². The van der Waals surface area contributed by atoms with E-state index in [0.717, 1.165) is 24.1 Å². The first-order valence-electron chi connectivity index (χ1n) is 9.76. The van der Waals surface area contributed by atoms with Gasteiger partial charge in [0.25, 0.3) is 5.91 Å². The number of nitrogens with one attached hydrogen (secondary N) is 1. The van der Waals surface area contributed by atoms with Crippen LogP contribution in [-0.2, 0) is 6.54 Å². The van der Waals surface area contributed by atoms with Crippen molar-refractivity contribution in [1.29, 1.82) is 0 Å². The number of nitrogens with zero attached hydrogens (tertiary/aromatic N) is 4. The number of aliphatic hydroxyl groups excluding tert-OH is 1. The summed E-state index contributed by atoms with van der Waals surface area (Å²) in [5.74, 6) is 0.931. The third-order valence-corrected chi connectivity index (χ3v) is 5.47. The minimum absolute atomic E-state index is 0.0592. The number of aliphatic hydroxyl groups is 1. The van der Waals surface area contributed by atoms with Crippen LogP contribution in [0.15, 0.2) is 35.5 Å². The highest BCUT2D eigenvalue weighted by Gasteiger charge is 2.28. The van der Waals surface area contributed by atoms with E-state index in [4.69, 9.17) is 28.2 Å². The summed E-state index contributed by atoms with van der Waals surface area (Å²) in [6.45, 7) is 0.958. The van der Waals surface area contributed by atoms with Gasteiger partial charge < -0.3 is 19.9 Å². The number of rotatable bonds is 8. The number of hydrogen-bond donors (Lipinski definition) is 2. The number of pyridine rings is 1. The fourth-order valence-corrected chi connectivity index (χ4v) is 3.74. The fraction of sp³-hybridized carbons (Fsp3) is 0.381. The first-order chi connectivity index (χ1) is 14.5. The number of hydrogen-bond acceptors (Lipinski definition) is 5. The zero-order valence-electron chi connectivity index (χ0n) is 17.0. The highest BCUT2D eigenvalue weighted by atomic mass is 35.5. The number of anilines is 1. The molecule has 0 atom stereocenters. The SMILES string of the molecule is CNC(=O)c1c(N(C)CCCO)nc(C2=C(Cl)C=CCC2)n1Cc1ccc(Cl)cn1. The van der Waals surface area contributed by atoms with E-state index in [9.17, 15) is 9.90 Å². The largest absolute Gasteiger partial charge is 0.396 e. The molecule has 0 spiro atoms. The second kappa shape index (κ2) is 10.1. The van der Waals surface area contributed by atoms with E-state index >= 15 is 0 Å². The predicted molar refractivity (Wildman–Crippen MR) is 120 cm³/mol. The Labute approximate surface area is 186 Å². The summed E-state index contributed by atoms with van der Waals surface area (Å²) >= 11 is 12.5. The summed E-state index contributed by atoms with van der Waals surface area (Å²) in [5, 5.41) is 13.1. The van der Waals surface area contributed by atoms with Gasteiger partial charge in [0, 0.05) is 44.0 Å². The minimum atomic E-state index is -0.253. The van der Waals surface area contributed by atoms with Crippen LogP contribution in [0.1, 0.15) is 41.3 Å². The Bertz CT molecular complexity index is 967. The lowest BCUT2D eigenvalue weighted by Crippen LogP contribution is -2.27. The lowest BCUT2D eigenvalue weighted by molar-refractivity contribution is 0.0954. The fourth-order valence-electron chi connectivity index (χ4n) is 3.36. The quantitative estimate of drug-likeness (QED) is 0.644. The van der Waals surface area contributed by atoms with E-state index in [1.165, 1.54) is 0 Å². The van der Waals surface area contributed by atoms with Crippen LogP contribution in [0.3, 0.4) is 0 Å². The molecule has 9 heteroatoms. The van der Waals surface area contributed by atoms with Crippen LogP contribution >= 0.6 is 23.2 Å². The van der Waals surface area contributed by atoms with E-state index < -0.39 is 0 Å². The van der Waals surface area contributed by atoms with Gasteiger partial charge in [-0.3, -0.25) is 9.78 Å². The first kappa shape index (κ1) is 22.3. The van der Waals surface area contributed by atoms with Gasteiger partial charge >= 0.3 is 0 Å². The van der Waals surface area contributed by atoms with Crippen molar-refractivity contribution in [3.05, 3.63) is 57.7 Å². The van der Waals surface area contributed by atoms with Crippen LogP contribution in [0, 0.1) is 0 Å². The van der Waals surface area contributed by atoms with E-state index in [0.29, 0.717) is 46.9 Å². The smallest absolute Gasteiger partial charge is 0.271 e. The second-order valence-electron chi connectivity index (χ2n) is 7.01. The molecule has 2 aromatic heterocycles. The predicted octanol–water partition coefficient (Wildman–Crippen LogP) is 3.46. The van der Waals surface area contributed by atoms with Crippen molar-refractivity contribution in [3.63, 3.8) is 0 Å². The normalized spacial score (nSPS) is 13.6. The molecule has 0 radical (unpaired) electrons. The number of amides is 1. The van der Waals surface area contributed by atoms with Crippen molar-refractivity contribution in [3.8, 4) is 0 Å². The number of carbonyl (C=O) groups excluding carboxylic acids is 1. The lowest BCUT2D eigenvalue weighted by Gasteiger charge is -2.18. The van der Waals surface area contributed by atoms with Gasteiger partial charge in [-0.25, -0.2) is 4.98 Å². The van der Waals surface area contributed by atoms with Gasteiger partial charge in [-0.15, -0.1) is 0 Å². The Kier molecular flexibility index (Phi) is 7.53. The summed E-state index contributed by atoms with van der Waals surface area (Å²) in [6.07, 6.45) is 7.62. The minimum Gasteiger partial charge on any atom is -0.396 e. The van der Waals surface area contributed by atoms with Crippen molar-refractivity contribution >= 4 is 40.5 Å². The van der Waals surface area contributed by atoms with Gasteiger partial charge in [-0.05, 0) is 37.5 Å². The van der Waals surface area contributed by atoms with E-state index in [2.05, 4.69) is 10.3 Å². The monoisotopic (exact) mass is 449 g/mol. The number of aromatic nitrogens is 3. The Morgan fingerprint density at radius 1 is 1.37 bits per heavy atom. The zero-order chi connectivity index (χ0) is 21.7. The van der Waals surface area contributed by atoms with Crippen molar-refractivity contribution in [1.82, 2.24) is 19.9 Å². The molecule has 2 N–H and O–H groups in total. The summed E-state index contributed by atoms with van der Waals surface area (Å²) in [4.78, 5) is 24.0. The van der Waals surface area contributed by atoms with Crippen LogP contribution < -0.4 is 10.2 Å². The molecule has 7 nitrogen and oxygen atoms in total. The molecule has 0 fully saturated rings. The number of halogens is 2. The number of carbonyl (C=O) groups is 1. The van der Waals surface area contributed by atoms with E-state index in [1.807, 2.05) is 34.7 Å². The molecule has 30 heavy (non-hydrogen) atoms. The van der Waals surface area contributed by atoms with Crippen molar-refractivity contribution in [2.24, 2.45) is 0 Å². The molecular formula is C21H25Cl2N5O2. The topological polar surface area (TPSA) is 83.3 Å². The van der Waals surface area contributed by atoms with Crippen molar-refractivity contribution in [2.45, 2.75) is 25.8 Å². The molecule has 1 aliphatic carbocycles. The maximum atomic E-state index is 12.9. The maximum absolute atomic E-state index is 12.9. The van der Waals surface area contributed by atoms with Crippen molar-refractivity contribution < 1.29 is 9.90 Å². The van der Waals surface area contributed by atoms with E-state index in [1.54, 1.807) is 19.3 Å². The Hall–Kier alpha value is -2.35. The molecule has 1 aliphatic rings. The molecule has 0 aliphatic heterocycles. The van der Waals surface area contributed by atoms with Gasteiger partial charge in [-0.1, -0.05) is 29.3 Å². The van der Waals surface area contributed by atoms with Gasteiger partial charge in [0.05, 0.1) is 17.3 Å². The molecule has 2 aromatic rings. The average molecular weight is 450 g/mol. The highest BCUT2D eigenvalue weighted by Crippen LogP contribution is 2.34. The Balaban J connectivity index is 2.18. The molecule has 0 aromatic carbocycles. The Morgan fingerprint density at radius 2 is 2.17 bits per heavy atom. The maximum Gasteiger partial charge on any atom is 0.271 e. The summed E-state index contributed by atoms with van der Waals surface area (Å²) in [7, 11) is 3.45. The lowest BCUT2D eigenvalue weighted by atomic mass is 10.0.